The van der Waals surface area contributed by atoms with E-state index in [1.807, 2.05) is 34.6 Å². The minimum absolute atomic E-state index is 0.0139. The highest BCUT2D eigenvalue weighted by atomic mass is 32.2. The summed E-state index contributed by atoms with van der Waals surface area (Å²) in [5, 5.41) is 7.29. The first-order valence-corrected chi connectivity index (χ1v) is 12.6. The number of carbonyl (C=O) groups excluding carboxylic acids is 1. The van der Waals surface area contributed by atoms with Gasteiger partial charge in [-0.15, -0.1) is 0 Å². The highest BCUT2D eigenvalue weighted by molar-refractivity contribution is 7.92. The molecule has 0 bridgehead atoms. The van der Waals surface area contributed by atoms with Gasteiger partial charge in [0, 0.05) is 25.9 Å². The smallest absolute Gasteiger partial charge is 0.271 e. The van der Waals surface area contributed by atoms with Crippen LogP contribution in [0.25, 0.3) is 5.57 Å². The average molecular weight is 495 g/mol. The fourth-order valence-electron chi connectivity index (χ4n) is 3.51. The van der Waals surface area contributed by atoms with E-state index in [1.165, 1.54) is 29.9 Å². The summed E-state index contributed by atoms with van der Waals surface area (Å²) in [6.07, 6.45) is 0.547. The lowest BCUT2D eigenvalue weighted by molar-refractivity contribution is -0.00606. The van der Waals surface area contributed by atoms with Crippen molar-refractivity contribution in [1.82, 2.24) is 15.1 Å². The van der Waals surface area contributed by atoms with Gasteiger partial charge in [-0.05, 0) is 43.4 Å². The maximum absolute atomic E-state index is 13.7. The van der Waals surface area contributed by atoms with Gasteiger partial charge >= 0.3 is 0 Å². The fraction of sp³-hybridized carbons (Fsp3) is 0.500. The number of nitrogens with one attached hydrogen (secondary N) is 2. The molecule has 0 spiro atoms. The summed E-state index contributed by atoms with van der Waals surface area (Å²) in [7, 11) is -2.54. The number of benzene rings is 1. The van der Waals surface area contributed by atoms with Crippen molar-refractivity contribution in [2.45, 2.75) is 70.7 Å². The van der Waals surface area contributed by atoms with E-state index in [0.717, 1.165) is 5.56 Å². The number of amides is 1. The van der Waals surface area contributed by atoms with Gasteiger partial charge in [0.1, 0.15) is 11.4 Å². The van der Waals surface area contributed by atoms with E-state index < -0.39 is 28.3 Å². The molecule has 2 N–H and O–H groups in total. The maximum Gasteiger partial charge on any atom is 0.271 e. The van der Waals surface area contributed by atoms with Gasteiger partial charge in [0.25, 0.3) is 21.9 Å². The first kappa shape index (κ1) is 25.9. The Bertz CT molecular complexity index is 1210. The number of rotatable bonds is 6. The number of anilines is 1. The Morgan fingerprint density at radius 1 is 1.21 bits per heavy atom. The molecule has 0 aliphatic heterocycles. The third-order valence-corrected chi connectivity index (χ3v) is 7.55. The highest BCUT2D eigenvalue weighted by Gasteiger charge is 2.35. The number of carbonyl (C=O) groups is 1. The van der Waals surface area contributed by atoms with Crippen LogP contribution < -0.4 is 10.0 Å². The van der Waals surface area contributed by atoms with Gasteiger partial charge in [-0.1, -0.05) is 44.5 Å². The number of halogens is 2. The van der Waals surface area contributed by atoms with Crippen molar-refractivity contribution in [2.75, 3.05) is 4.72 Å². The number of hydrogen-bond acceptors (Lipinski definition) is 4. The Hall–Kier alpha value is -2.75. The van der Waals surface area contributed by atoms with Crippen molar-refractivity contribution in [3.05, 3.63) is 47.3 Å². The zero-order valence-electron chi connectivity index (χ0n) is 20.4. The Morgan fingerprint density at radius 2 is 1.82 bits per heavy atom. The van der Waals surface area contributed by atoms with E-state index >= 15 is 0 Å². The first-order valence-electron chi connectivity index (χ1n) is 11.2. The number of hydrogen-bond donors (Lipinski definition) is 2. The SMILES string of the molecule is Cc1ccc(S(=O)(=O)Nc2c(C3=CCC(F)(F)CC3)nn(C)c2C(=O)N[C@@H](C)C(C)(C)C)cc1. The third-order valence-electron chi connectivity index (χ3n) is 6.19. The quantitative estimate of drug-likeness (QED) is 0.598. The molecule has 186 valence electrons. The van der Waals surface area contributed by atoms with Crippen LogP contribution in [0.1, 0.15) is 68.7 Å². The maximum atomic E-state index is 13.7. The van der Waals surface area contributed by atoms with Gasteiger partial charge in [0.2, 0.25) is 0 Å². The van der Waals surface area contributed by atoms with Crippen molar-refractivity contribution in [2.24, 2.45) is 12.5 Å². The zero-order valence-corrected chi connectivity index (χ0v) is 21.2. The predicted octanol–water partition coefficient (Wildman–Crippen LogP) is 4.90. The highest BCUT2D eigenvalue weighted by Crippen LogP contribution is 2.39. The van der Waals surface area contributed by atoms with Gasteiger partial charge in [-0.2, -0.15) is 5.10 Å². The molecule has 0 unspecified atom stereocenters. The van der Waals surface area contributed by atoms with Gasteiger partial charge in [0.05, 0.1) is 4.90 Å². The Kier molecular flexibility index (Phi) is 6.94. The molecule has 3 rings (SSSR count). The zero-order chi connectivity index (χ0) is 25.5. The van der Waals surface area contributed by atoms with Crippen LogP contribution in [0.2, 0.25) is 0 Å². The number of nitrogens with zero attached hydrogens (tertiary/aromatic N) is 2. The Morgan fingerprint density at radius 3 is 2.35 bits per heavy atom. The van der Waals surface area contributed by atoms with Crippen LogP contribution >= 0.6 is 0 Å². The largest absolute Gasteiger partial charge is 0.348 e. The number of aryl methyl sites for hydroxylation is 2. The molecule has 1 aromatic heterocycles. The third kappa shape index (κ3) is 5.65. The van der Waals surface area contributed by atoms with Gasteiger partial charge in [-0.25, -0.2) is 17.2 Å². The molecule has 0 saturated heterocycles. The lowest BCUT2D eigenvalue weighted by atomic mass is 9.88. The van der Waals surface area contributed by atoms with Crippen LogP contribution in [0.15, 0.2) is 35.2 Å². The van der Waals surface area contributed by atoms with Crippen LogP contribution in [0.3, 0.4) is 0 Å². The molecule has 7 nitrogen and oxygen atoms in total. The summed E-state index contributed by atoms with van der Waals surface area (Å²) in [6.45, 7) is 9.62. The molecule has 1 atom stereocenters. The Labute approximate surface area is 199 Å². The second-order valence-corrected chi connectivity index (χ2v) is 11.6. The molecule has 1 aliphatic rings. The molecule has 1 heterocycles. The number of aromatic nitrogens is 2. The fourth-order valence-corrected chi connectivity index (χ4v) is 4.58. The number of allylic oxidation sites excluding steroid dienone is 2. The summed E-state index contributed by atoms with van der Waals surface area (Å²) in [5.41, 5.74) is 1.31. The lowest BCUT2D eigenvalue weighted by Gasteiger charge is -2.28. The van der Waals surface area contributed by atoms with Crippen molar-refractivity contribution >= 4 is 27.2 Å². The van der Waals surface area contributed by atoms with Crippen LogP contribution in [0.4, 0.5) is 14.5 Å². The van der Waals surface area contributed by atoms with E-state index in [-0.39, 0.29) is 46.3 Å². The molecule has 0 saturated carbocycles. The average Bonchev–Trinajstić information content (AvgIpc) is 3.02. The monoisotopic (exact) mass is 494 g/mol. The van der Waals surface area contributed by atoms with Crippen LogP contribution in [0.5, 0.6) is 0 Å². The van der Waals surface area contributed by atoms with E-state index in [1.54, 1.807) is 12.1 Å². The van der Waals surface area contributed by atoms with Crippen molar-refractivity contribution in [3.8, 4) is 0 Å². The second kappa shape index (κ2) is 9.13. The molecule has 0 radical (unpaired) electrons. The summed E-state index contributed by atoms with van der Waals surface area (Å²) in [5.74, 6) is -3.32. The van der Waals surface area contributed by atoms with Gasteiger partial charge in [0.15, 0.2) is 5.69 Å². The van der Waals surface area contributed by atoms with Crippen molar-refractivity contribution < 1.29 is 22.0 Å². The molecule has 34 heavy (non-hydrogen) atoms. The van der Waals surface area contributed by atoms with Crippen molar-refractivity contribution in [3.63, 3.8) is 0 Å². The van der Waals surface area contributed by atoms with E-state index in [0.29, 0.717) is 5.57 Å². The summed E-state index contributed by atoms with van der Waals surface area (Å²) >= 11 is 0. The second-order valence-electron chi connectivity index (χ2n) is 9.96. The molecule has 10 heteroatoms. The van der Waals surface area contributed by atoms with E-state index in [4.69, 9.17) is 0 Å². The van der Waals surface area contributed by atoms with Gasteiger partial charge in [-0.3, -0.25) is 14.2 Å². The van der Waals surface area contributed by atoms with Crippen LogP contribution in [-0.2, 0) is 17.1 Å². The van der Waals surface area contributed by atoms with Crippen LogP contribution in [-0.4, -0.2) is 36.1 Å². The van der Waals surface area contributed by atoms with Gasteiger partial charge < -0.3 is 5.32 Å². The summed E-state index contributed by atoms with van der Waals surface area (Å²) < 4.78 is 57.7. The lowest BCUT2D eigenvalue weighted by Crippen LogP contribution is -2.42. The van der Waals surface area contributed by atoms with E-state index in [2.05, 4.69) is 15.1 Å². The summed E-state index contributed by atoms with van der Waals surface area (Å²) in [4.78, 5) is 13.3. The number of sulfonamides is 1. The molecular weight excluding hydrogens is 462 g/mol. The van der Waals surface area contributed by atoms with Crippen LogP contribution in [0, 0.1) is 12.3 Å². The molecule has 2 aromatic rings. The first-order chi connectivity index (χ1) is 15.6. The normalized spacial score (nSPS) is 17.1. The minimum Gasteiger partial charge on any atom is -0.348 e. The minimum atomic E-state index is -4.07. The standard InChI is InChI=1S/C24H32F2N4O3S/c1-15-7-9-18(10-8-15)34(32,33)29-20-19(17-11-13-24(25,26)14-12-17)28-30(6)21(20)22(31)27-16(2)23(3,4)5/h7-11,16,29H,12-14H2,1-6H3,(H,27,31)/t16-/m0/s1. The molecule has 1 amide bonds. The van der Waals surface area contributed by atoms with Crippen molar-refractivity contribution in [1.29, 1.82) is 0 Å². The van der Waals surface area contributed by atoms with E-state index in [9.17, 15) is 22.0 Å². The number of alkyl halides is 2. The molecule has 0 fully saturated rings. The molecule has 1 aromatic carbocycles. The topological polar surface area (TPSA) is 93.1 Å². The predicted molar refractivity (Wildman–Crippen MR) is 128 cm³/mol. The molecular formula is C24H32F2N4O3S. The Balaban J connectivity index is 2.09. The molecule has 1 aliphatic carbocycles. The summed E-state index contributed by atoms with van der Waals surface area (Å²) in [6, 6.07) is 6.05.